The van der Waals surface area contributed by atoms with Gasteiger partial charge in [0.05, 0.1) is 24.0 Å². The molecule has 128 valence electrons. The molecular weight excluding hydrogens is 344 g/mol. The van der Waals surface area contributed by atoms with Crippen LogP contribution in [0.1, 0.15) is 15.9 Å². The van der Waals surface area contributed by atoms with Gasteiger partial charge in [-0.1, -0.05) is 11.6 Å². The minimum absolute atomic E-state index is 0.0398. The summed E-state index contributed by atoms with van der Waals surface area (Å²) in [5, 5.41) is 9.92. The Morgan fingerprint density at radius 2 is 2.08 bits per heavy atom. The van der Waals surface area contributed by atoms with Crippen molar-refractivity contribution < 1.29 is 9.53 Å². The number of amides is 1. The summed E-state index contributed by atoms with van der Waals surface area (Å²) in [6.07, 6.45) is 2.96. The Labute approximate surface area is 148 Å². The smallest absolute Gasteiger partial charge is 0.260 e. The summed E-state index contributed by atoms with van der Waals surface area (Å²) in [4.78, 5) is 26.3. The Balaban J connectivity index is 1.76. The number of hydrogen-bond donors (Lipinski definition) is 3. The molecule has 0 unspecified atom stereocenters. The first-order valence-corrected chi connectivity index (χ1v) is 7.79. The van der Waals surface area contributed by atoms with Crippen LogP contribution < -0.4 is 15.6 Å². The highest BCUT2D eigenvalue weighted by Gasteiger charge is 2.13. The Morgan fingerprint density at radius 1 is 1.32 bits per heavy atom. The lowest BCUT2D eigenvalue weighted by Gasteiger charge is -2.07. The van der Waals surface area contributed by atoms with Gasteiger partial charge in [0.15, 0.2) is 0 Å². The lowest BCUT2D eigenvalue weighted by molar-refractivity contribution is 0.0949. The monoisotopic (exact) mass is 358 g/mol. The molecular formula is C17H15ClN4O3. The van der Waals surface area contributed by atoms with Crippen molar-refractivity contribution in [1.82, 2.24) is 20.5 Å². The summed E-state index contributed by atoms with van der Waals surface area (Å²) >= 11 is 5.82. The van der Waals surface area contributed by atoms with Gasteiger partial charge in [-0.15, -0.1) is 0 Å². The van der Waals surface area contributed by atoms with Crippen LogP contribution >= 0.6 is 11.6 Å². The number of halogens is 1. The van der Waals surface area contributed by atoms with Gasteiger partial charge in [-0.3, -0.25) is 14.7 Å². The van der Waals surface area contributed by atoms with E-state index >= 15 is 0 Å². The Kier molecular flexibility index (Phi) is 4.85. The lowest BCUT2D eigenvalue weighted by atomic mass is 10.1. The Bertz CT molecular complexity index is 947. The number of H-pyrrole nitrogens is 2. The Morgan fingerprint density at radius 3 is 2.80 bits per heavy atom. The maximum absolute atomic E-state index is 12.2. The molecule has 3 aromatic rings. The number of carbonyl (C=O) groups excluding carboxylic acids is 1. The van der Waals surface area contributed by atoms with Crippen molar-refractivity contribution in [2.24, 2.45) is 0 Å². The molecule has 0 aliphatic carbocycles. The standard InChI is InChI=1S/C17H15ClN4O3/c1-25-13-4-2-10(3-5-13)15-11(8-21-22-15)7-19-16(23)14-6-12(18)9-20-17(14)24/h2-6,8-9H,7H2,1H3,(H,19,23)(H,20,24)(H,21,22). The van der Waals surface area contributed by atoms with Crippen LogP contribution in [0.15, 0.2) is 47.5 Å². The number of nitrogens with zero attached hydrogens (tertiary/aromatic N) is 1. The molecule has 0 spiro atoms. The van der Waals surface area contributed by atoms with Crippen LogP contribution in [0, 0.1) is 0 Å². The molecule has 2 heterocycles. The minimum Gasteiger partial charge on any atom is -0.497 e. The summed E-state index contributed by atoms with van der Waals surface area (Å²) in [5.74, 6) is 0.240. The van der Waals surface area contributed by atoms with Crippen molar-refractivity contribution >= 4 is 17.5 Å². The predicted octanol–water partition coefficient (Wildman–Crippen LogP) is 2.36. The second-order valence-corrected chi connectivity index (χ2v) is 5.68. The van der Waals surface area contributed by atoms with Crippen LogP contribution in [0.4, 0.5) is 0 Å². The van der Waals surface area contributed by atoms with Gasteiger partial charge < -0.3 is 15.0 Å². The molecule has 0 bridgehead atoms. The summed E-state index contributed by atoms with van der Waals surface area (Å²) in [5.41, 5.74) is 1.94. The average Bonchev–Trinajstić information content (AvgIpc) is 3.10. The summed E-state index contributed by atoms with van der Waals surface area (Å²) < 4.78 is 5.14. The number of aromatic nitrogens is 3. The minimum atomic E-state index is -0.509. The SMILES string of the molecule is COc1ccc(-c2[nH]ncc2CNC(=O)c2cc(Cl)c[nH]c2=O)cc1. The first-order chi connectivity index (χ1) is 12.1. The summed E-state index contributed by atoms with van der Waals surface area (Å²) in [6, 6.07) is 8.78. The van der Waals surface area contributed by atoms with Crippen molar-refractivity contribution in [2.45, 2.75) is 6.54 Å². The molecule has 0 aliphatic heterocycles. The highest BCUT2D eigenvalue weighted by molar-refractivity contribution is 6.30. The molecule has 0 saturated carbocycles. The van der Waals surface area contributed by atoms with E-state index in [4.69, 9.17) is 16.3 Å². The normalized spacial score (nSPS) is 10.5. The number of pyridine rings is 1. The lowest BCUT2D eigenvalue weighted by Crippen LogP contribution is -2.29. The van der Waals surface area contributed by atoms with Crippen LogP contribution in [-0.2, 0) is 6.54 Å². The van der Waals surface area contributed by atoms with Gasteiger partial charge in [-0.2, -0.15) is 5.10 Å². The van der Waals surface area contributed by atoms with Crippen LogP contribution in [0.5, 0.6) is 5.75 Å². The third-order valence-corrected chi connectivity index (χ3v) is 3.87. The maximum Gasteiger partial charge on any atom is 0.260 e. The van der Waals surface area contributed by atoms with Crippen LogP contribution in [0.3, 0.4) is 0 Å². The van der Waals surface area contributed by atoms with Gasteiger partial charge in [0, 0.05) is 23.9 Å². The molecule has 0 aliphatic rings. The highest BCUT2D eigenvalue weighted by Crippen LogP contribution is 2.23. The molecule has 8 heteroatoms. The molecule has 7 nitrogen and oxygen atoms in total. The third kappa shape index (κ3) is 3.72. The first kappa shape index (κ1) is 16.8. The van der Waals surface area contributed by atoms with Crippen molar-refractivity contribution in [1.29, 1.82) is 0 Å². The van der Waals surface area contributed by atoms with Gasteiger partial charge in [0.1, 0.15) is 11.3 Å². The van der Waals surface area contributed by atoms with E-state index in [-0.39, 0.29) is 17.1 Å². The fourth-order valence-corrected chi connectivity index (χ4v) is 2.51. The molecule has 25 heavy (non-hydrogen) atoms. The van der Waals surface area contributed by atoms with Gasteiger partial charge in [-0.25, -0.2) is 0 Å². The maximum atomic E-state index is 12.2. The molecule has 1 aromatic carbocycles. The van der Waals surface area contributed by atoms with E-state index in [2.05, 4.69) is 20.5 Å². The number of methoxy groups -OCH3 is 1. The van der Waals surface area contributed by atoms with Crippen molar-refractivity contribution in [2.75, 3.05) is 7.11 Å². The zero-order valence-corrected chi connectivity index (χ0v) is 14.1. The van der Waals surface area contributed by atoms with E-state index in [0.717, 1.165) is 22.6 Å². The van der Waals surface area contributed by atoms with Gasteiger partial charge in [-0.05, 0) is 30.3 Å². The van der Waals surface area contributed by atoms with Crippen molar-refractivity contribution in [3.05, 3.63) is 69.2 Å². The number of benzene rings is 1. The van der Waals surface area contributed by atoms with Gasteiger partial charge >= 0.3 is 0 Å². The number of carbonyl (C=O) groups is 1. The van der Waals surface area contributed by atoms with Crippen molar-refractivity contribution in [3.8, 4) is 17.0 Å². The van der Waals surface area contributed by atoms with Crippen LogP contribution in [-0.4, -0.2) is 28.2 Å². The zero-order valence-electron chi connectivity index (χ0n) is 13.3. The molecule has 0 fully saturated rings. The van der Waals surface area contributed by atoms with Crippen LogP contribution in [0.25, 0.3) is 11.3 Å². The largest absolute Gasteiger partial charge is 0.497 e. The Hall–Kier alpha value is -3.06. The topological polar surface area (TPSA) is 99.9 Å². The molecule has 0 saturated heterocycles. The van der Waals surface area contributed by atoms with E-state index < -0.39 is 11.5 Å². The molecule has 1 amide bonds. The van der Waals surface area contributed by atoms with E-state index in [9.17, 15) is 9.59 Å². The first-order valence-electron chi connectivity index (χ1n) is 7.41. The molecule has 2 aromatic heterocycles. The number of aromatic amines is 2. The summed E-state index contributed by atoms with van der Waals surface area (Å²) in [6.45, 7) is 0.211. The number of ether oxygens (including phenoxy) is 1. The third-order valence-electron chi connectivity index (χ3n) is 3.65. The molecule has 3 N–H and O–H groups in total. The van der Waals surface area contributed by atoms with E-state index in [0.29, 0.717) is 0 Å². The van der Waals surface area contributed by atoms with Gasteiger partial charge in [0.25, 0.3) is 11.5 Å². The zero-order chi connectivity index (χ0) is 17.8. The highest BCUT2D eigenvalue weighted by atomic mass is 35.5. The van der Waals surface area contributed by atoms with Crippen molar-refractivity contribution in [3.63, 3.8) is 0 Å². The van der Waals surface area contributed by atoms with E-state index in [1.165, 1.54) is 12.3 Å². The molecule has 0 radical (unpaired) electrons. The fraction of sp³-hybridized carbons (Fsp3) is 0.118. The number of hydrogen-bond acceptors (Lipinski definition) is 4. The predicted molar refractivity (Wildman–Crippen MR) is 93.8 cm³/mol. The van der Waals surface area contributed by atoms with Gasteiger partial charge in [0.2, 0.25) is 0 Å². The fourth-order valence-electron chi connectivity index (χ4n) is 2.35. The quantitative estimate of drug-likeness (QED) is 0.651. The van der Waals surface area contributed by atoms with Crippen LogP contribution in [0.2, 0.25) is 5.02 Å². The number of rotatable bonds is 5. The summed E-state index contributed by atoms with van der Waals surface area (Å²) in [7, 11) is 1.60. The second kappa shape index (κ2) is 7.23. The average molecular weight is 359 g/mol. The van der Waals surface area contributed by atoms with E-state index in [1.54, 1.807) is 13.3 Å². The number of nitrogens with one attached hydrogen (secondary N) is 3. The molecule has 3 rings (SSSR count). The second-order valence-electron chi connectivity index (χ2n) is 5.24. The van der Waals surface area contributed by atoms with E-state index in [1.807, 2.05) is 24.3 Å². The molecule has 0 atom stereocenters.